The number of allylic oxidation sites excluding steroid dienone is 1. The average molecular weight is 292 g/mol. The molecule has 102 valence electrons. The Morgan fingerprint density at radius 3 is 2.55 bits per heavy atom. The molecule has 2 rings (SSSR count). The van der Waals surface area contributed by atoms with Crippen LogP contribution >= 0.6 is 11.6 Å². The van der Waals surface area contributed by atoms with Gasteiger partial charge < -0.3 is 0 Å². The van der Waals surface area contributed by atoms with Gasteiger partial charge in [-0.05, 0) is 23.3 Å². The van der Waals surface area contributed by atoms with E-state index >= 15 is 0 Å². The quantitative estimate of drug-likeness (QED) is 0.621. The lowest BCUT2D eigenvalue weighted by molar-refractivity contribution is -0.425. The maximum Gasteiger partial charge on any atom is 0.251 e. The summed E-state index contributed by atoms with van der Waals surface area (Å²) in [5.41, 5.74) is 1.26. The van der Waals surface area contributed by atoms with Crippen LogP contribution in [0, 0.1) is 15.9 Å². The van der Waals surface area contributed by atoms with E-state index in [4.69, 9.17) is 11.6 Å². The molecule has 0 unspecified atom stereocenters. The third-order valence-corrected chi connectivity index (χ3v) is 3.07. The molecule has 0 aliphatic rings. The minimum Gasteiger partial charge on any atom is -0.259 e. The number of hydrogen-bond donors (Lipinski definition) is 0. The standard InChI is InChI=1S/C15H11ClFNO2/c16-15-10-13(17)7-6-12(15)9-14(18(19)20)8-11-4-2-1-3-5-11/h1-7,9-10H,8H2/b14-9+. The second-order valence-corrected chi connectivity index (χ2v) is 4.63. The number of hydrogen-bond acceptors (Lipinski definition) is 2. The summed E-state index contributed by atoms with van der Waals surface area (Å²) in [5.74, 6) is -0.474. The summed E-state index contributed by atoms with van der Waals surface area (Å²) in [6, 6.07) is 12.9. The molecule has 0 aliphatic carbocycles. The fraction of sp³-hybridized carbons (Fsp3) is 0.0667. The van der Waals surface area contributed by atoms with E-state index in [0.29, 0.717) is 5.56 Å². The lowest BCUT2D eigenvalue weighted by atomic mass is 10.1. The third kappa shape index (κ3) is 3.65. The molecule has 0 aromatic heterocycles. The zero-order chi connectivity index (χ0) is 14.5. The molecule has 0 fully saturated rings. The first-order chi connectivity index (χ1) is 9.56. The Bertz CT molecular complexity index is 656. The van der Waals surface area contributed by atoms with Crippen molar-refractivity contribution in [3.05, 3.63) is 86.3 Å². The molecule has 3 nitrogen and oxygen atoms in total. The van der Waals surface area contributed by atoms with Crippen molar-refractivity contribution < 1.29 is 9.31 Å². The molecule has 0 amide bonds. The van der Waals surface area contributed by atoms with E-state index in [-0.39, 0.29) is 17.1 Å². The van der Waals surface area contributed by atoms with Gasteiger partial charge >= 0.3 is 0 Å². The monoisotopic (exact) mass is 291 g/mol. The lowest BCUT2D eigenvalue weighted by Crippen LogP contribution is -2.02. The van der Waals surface area contributed by atoms with Crippen LogP contribution < -0.4 is 0 Å². The van der Waals surface area contributed by atoms with Crippen molar-refractivity contribution in [1.82, 2.24) is 0 Å². The van der Waals surface area contributed by atoms with Crippen molar-refractivity contribution in [2.24, 2.45) is 0 Å². The first-order valence-corrected chi connectivity index (χ1v) is 6.28. The van der Waals surface area contributed by atoms with Crippen LogP contribution in [0.15, 0.2) is 54.2 Å². The van der Waals surface area contributed by atoms with Gasteiger partial charge in [-0.2, -0.15) is 0 Å². The summed E-state index contributed by atoms with van der Waals surface area (Å²) >= 11 is 5.87. The van der Waals surface area contributed by atoms with Gasteiger partial charge in [-0.25, -0.2) is 4.39 Å². The molecule has 0 spiro atoms. The maximum absolute atomic E-state index is 13.0. The Morgan fingerprint density at radius 1 is 1.25 bits per heavy atom. The topological polar surface area (TPSA) is 43.1 Å². The number of benzene rings is 2. The van der Waals surface area contributed by atoms with E-state index in [2.05, 4.69) is 0 Å². The van der Waals surface area contributed by atoms with Crippen LogP contribution in [0.2, 0.25) is 5.02 Å². The summed E-state index contributed by atoms with van der Waals surface area (Å²) in [5, 5.41) is 11.3. The fourth-order valence-electron chi connectivity index (χ4n) is 1.77. The minimum absolute atomic E-state index is 0.00436. The third-order valence-electron chi connectivity index (χ3n) is 2.75. The van der Waals surface area contributed by atoms with Gasteiger partial charge in [0.1, 0.15) is 5.82 Å². The van der Waals surface area contributed by atoms with Crippen LogP contribution in [0.5, 0.6) is 0 Å². The summed E-state index contributed by atoms with van der Waals surface area (Å²) < 4.78 is 13.0. The van der Waals surface area contributed by atoms with Crippen molar-refractivity contribution in [2.75, 3.05) is 0 Å². The lowest BCUT2D eigenvalue weighted by Gasteiger charge is -2.02. The Morgan fingerprint density at radius 2 is 1.95 bits per heavy atom. The van der Waals surface area contributed by atoms with Gasteiger partial charge in [-0.15, -0.1) is 0 Å². The zero-order valence-electron chi connectivity index (χ0n) is 10.4. The highest BCUT2D eigenvalue weighted by Gasteiger charge is 2.13. The van der Waals surface area contributed by atoms with Crippen molar-refractivity contribution in [2.45, 2.75) is 6.42 Å². The molecule has 0 atom stereocenters. The predicted octanol–water partition coefficient (Wildman–Crippen LogP) is 4.34. The highest BCUT2D eigenvalue weighted by molar-refractivity contribution is 6.32. The molecule has 20 heavy (non-hydrogen) atoms. The van der Waals surface area contributed by atoms with Crippen LogP contribution in [0.25, 0.3) is 6.08 Å². The van der Waals surface area contributed by atoms with Gasteiger partial charge in [0.2, 0.25) is 0 Å². The Labute approximate surface area is 120 Å². The molecule has 0 bridgehead atoms. The van der Waals surface area contributed by atoms with Crippen molar-refractivity contribution >= 4 is 17.7 Å². The average Bonchev–Trinajstić information content (AvgIpc) is 2.42. The number of nitro groups is 1. The highest BCUT2D eigenvalue weighted by atomic mass is 35.5. The normalized spacial score (nSPS) is 11.4. The van der Waals surface area contributed by atoms with Crippen molar-refractivity contribution in [3.63, 3.8) is 0 Å². The molecule has 0 N–H and O–H groups in total. The minimum atomic E-state index is -0.474. The summed E-state index contributed by atoms with van der Waals surface area (Å²) in [6.45, 7) is 0. The summed E-state index contributed by atoms with van der Waals surface area (Å²) in [6.07, 6.45) is 1.55. The molecule has 5 heteroatoms. The van der Waals surface area contributed by atoms with Gasteiger partial charge in [-0.1, -0.05) is 48.0 Å². The van der Waals surface area contributed by atoms with Crippen molar-refractivity contribution in [3.8, 4) is 0 Å². The Hall–Kier alpha value is -2.20. The molecular formula is C15H11ClFNO2. The summed E-state index contributed by atoms with van der Waals surface area (Å²) in [7, 11) is 0. The first-order valence-electron chi connectivity index (χ1n) is 5.90. The maximum atomic E-state index is 13.0. The molecule has 2 aromatic carbocycles. The largest absolute Gasteiger partial charge is 0.259 e. The van der Waals surface area contributed by atoms with Crippen LogP contribution in [0.3, 0.4) is 0 Å². The molecule has 2 aromatic rings. The van der Waals surface area contributed by atoms with Gasteiger partial charge in [0.15, 0.2) is 0 Å². The molecule has 0 saturated carbocycles. The second kappa shape index (κ2) is 6.30. The van der Waals surface area contributed by atoms with E-state index in [0.717, 1.165) is 11.6 Å². The van der Waals surface area contributed by atoms with Gasteiger partial charge in [0, 0.05) is 6.08 Å². The summed E-state index contributed by atoms with van der Waals surface area (Å²) in [4.78, 5) is 10.7. The Balaban J connectivity index is 2.33. The Kier molecular flexibility index (Phi) is 4.48. The van der Waals surface area contributed by atoms with Gasteiger partial charge in [0.05, 0.1) is 16.4 Å². The molecular weight excluding hydrogens is 281 g/mol. The van der Waals surface area contributed by atoms with Crippen molar-refractivity contribution in [1.29, 1.82) is 0 Å². The van der Waals surface area contributed by atoms with Crippen LogP contribution in [-0.2, 0) is 6.42 Å². The van der Waals surface area contributed by atoms with Crippen LogP contribution in [-0.4, -0.2) is 4.92 Å². The highest BCUT2D eigenvalue weighted by Crippen LogP contribution is 2.21. The predicted molar refractivity (Wildman–Crippen MR) is 76.5 cm³/mol. The fourth-order valence-corrected chi connectivity index (χ4v) is 1.99. The second-order valence-electron chi connectivity index (χ2n) is 4.22. The van der Waals surface area contributed by atoms with Gasteiger partial charge in [0.25, 0.3) is 5.70 Å². The molecule has 0 saturated heterocycles. The molecule has 0 radical (unpaired) electrons. The zero-order valence-corrected chi connectivity index (χ0v) is 11.2. The van der Waals surface area contributed by atoms with Gasteiger partial charge in [-0.3, -0.25) is 10.1 Å². The first kappa shape index (κ1) is 14.2. The van der Waals surface area contributed by atoms with Crippen LogP contribution in [0.4, 0.5) is 4.39 Å². The molecule has 0 aliphatic heterocycles. The number of halogens is 2. The van der Waals surface area contributed by atoms with E-state index in [1.165, 1.54) is 18.2 Å². The van der Waals surface area contributed by atoms with E-state index in [9.17, 15) is 14.5 Å². The molecule has 0 heterocycles. The number of rotatable bonds is 4. The number of nitrogens with zero attached hydrogens (tertiary/aromatic N) is 1. The van der Waals surface area contributed by atoms with E-state index in [1.54, 1.807) is 0 Å². The SMILES string of the molecule is O=[N+]([O-])/C(=C/c1ccc(F)cc1Cl)Cc1ccccc1. The van der Waals surface area contributed by atoms with E-state index in [1.807, 2.05) is 30.3 Å². The van der Waals surface area contributed by atoms with Crippen LogP contribution in [0.1, 0.15) is 11.1 Å². The smallest absolute Gasteiger partial charge is 0.251 e. The van der Waals surface area contributed by atoms with E-state index < -0.39 is 10.7 Å².